The van der Waals surface area contributed by atoms with Gasteiger partial charge in [0.2, 0.25) is 0 Å². The number of anilines is 1. The maximum atomic E-state index is 12.0. The van der Waals surface area contributed by atoms with Crippen LogP contribution in [0.4, 0.5) is 5.82 Å². The van der Waals surface area contributed by atoms with Crippen molar-refractivity contribution in [2.75, 3.05) is 18.5 Å². The van der Waals surface area contributed by atoms with Crippen molar-refractivity contribution in [3.05, 3.63) is 35.2 Å². The van der Waals surface area contributed by atoms with Crippen molar-refractivity contribution in [3.8, 4) is 11.1 Å². The van der Waals surface area contributed by atoms with E-state index >= 15 is 0 Å². The molecule has 0 spiro atoms. The lowest BCUT2D eigenvalue weighted by molar-refractivity contribution is -0.105. The van der Waals surface area contributed by atoms with Gasteiger partial charge in [-0.3, -0.25) is 4.79 Å². The number of aromatic amines is 1. The van der Waals surface area contributed by atoms with E-state index < -0.39 is 22.4 Å². The molecular weight excluding hydrogens is 395 g/mol. The fourth-order valence-corrected chi connectivity index (χ4v) is 2.59. The minimum atomic E-state index is -3.02. The highest BCUT2D eigenvalue weighted by molar-refractivity contribution is 6.45. The molecule has 0 saturated carbocycles. The molecule has 0 aliphatic rings. The number of rotatable bonds is 8. The number of aliphatic hydroxyl groups is 4. The summed E-state index contributed by atoms with van der Waals surface area (Å²) in [4.78, 5) is 18.6. The van der Waals surface area contributed by atoms with Crippen LogP contribution in [0.25, 0.3) is 11.1 Å². The predicted molar refractivity (Wildman–Crippen MR) is 110 cm³/mol. The molecule has 144 valence electrons. The van der Waals surface area contributed by atoms with Crippen LogP contribution in [-0.2, 0) is 0 Å². The zero-order valence-electron chi connectivity index (χ0n) is 15.1. The highest BCUT2D eigenvalue weighted by atomic mass is 35.5. The van der Waals surface area contributed by atoms with E-state index in [9.17, 15) is 20.1 Å². The lowest BCUT2D eigenvalue weighted by atomic mass is 9.46. The van der Waals surface area contributed by atoms with Crippen molar-refractivity contribution in [2.45, 2.75) is 16.5 Å². The Bertz CT molecular complexity index is 870. The molecule has 0 atom stereocenters. The second kappa shape index (κ2) is 8.45. The molecule has 0 saturated heterocycles. The number of hydrogen-bond donors (Lipinski definition) is 7. The third kappa shape index (κ3) is 4.99. The first-order chi connectivity index (χ1) is 13.3. The Labute approximate surface area is 176 Å². The minimum Gasteiger partial charge on any atom is -0.404 e. The number of aliphatic hydroxyl groups excluding tert-OH is 1. The second-order valence-corrected chi connectivity index (χ2v) is 6.72. The molecule has 0 bridgehead atoms. The Kier molecular flexibility index (Phi) is 6.81. The van der Waals surface area contributed by atoms with E-state index in [4.69, 9.17) is 48.1 Å². The summed E-state index contributed by atoms with van der Waals surface area (Å²) in [6.45, 7) is -0.130. The van der Waals surface area contributed by atoms with Gasteiger partial charge in [0.05, 0.1) is 11.6 Å². The van der Waals surface area contributed by atoms with Gasteiger partial charge in [-0.1, -0.05) is 11.6 Å². The summed E-state index contributed by atoms with van der Waals surface area (Å²) < 4.78 is 0. The number of aromatic nitrogens is 2. The molecule has 14 heteroatoms. The zero-order valence-corrected chi connectivity index (χ0v) is 15.8. The predicted octanol–water partition coefficient (Wildman–Crippen LogP) is -2.48. The van der Waals surface area contributed by atoms with Crippen molar-refractivity contribution < 1.29 is 25.2 Å². The Morgan fingerprint density at radius 3 is 2.34 bits per heavy atom. The zero-order chi connectivity index (χ0) is 22.0. The highest BCUT2D eigenvalue weighted by Gasteiger charge is 2.51. The van der Waals surface area contributed by atoms with Crippen LogP contribution in [0.5, 0.6) is 0 Å². The normalized spacial score (nSPS) is 12.6. The van der Waals surface area contributed by atoms with Gasteiger partial charge < -0.3 is 36.0 Å². The van der Waals surface area contributed by atoms with Gasteiger partial charge in [0.1, 0.15) is 42.9 Å². The maximum absolute atomic E-state index is 12.0. The molecule has 0 aliphatic carbocycles. The molecule has 2 aromatic rings. The van der Waals surface area contributed by atoms with Gasteiger partial charge in [0.25, 0.3) is 5.91 Å². The summed E-state index contributed by atoms with van der Waals surface area (Å²) in [5, 5.41) is 37.8. The van der Waals surface area contributed by atoms with E-state index in [1.807, 2.05) is 0 Å². The smallest absolute Gasteiger partial charge is 0.267 e. The van der Waals surface area contributed by atoms with Crippen LogP contribution in [-0.4, -0.2) is 97.4 Å². The largest absolute Gasteiger partial charge is 0.404 e. The summed E-state index contributed by atoms with van der Waals surface area (Å²) in [5.41, 5.74) is -2.02. The summed E-state index contributed by atoms with van der Waals surface area (Å²) in [7, 11) is 21.1. The molecule has 0 unspecified atom stereocenters. The summed E-state index contributed by atoms with van der Waals surface area (Å²) in [6, 6.07) is 2.79. The SMILES string of the molecule is [B]C([B])(O)C(O)(Nc1cc(-c2c[nH]c(C(=O)NCCO)c2)c(Cl)cn1)C([B])([B])O. The Morgan fingerprint density at radius 2 is 1.79 bits per heavy atom. The van der Waals surface area contributed by atoms with E-state index in [1.165, 1.54) is 24.5 Å². The van der Waals surface area contributed by atoms with Gasteiger partial charge in [-0.15, -0.1) is 0 Å². The molecule has 0 aliphatic heterocycles. The number of pyridine rings is 1. The molecular formula is C15H15B4ClN4O5. The third-order valence-corrected chi connectivity index (χ3v) is 4.26. The monoisotopic (exact) mass is 410 g/mol. The number of carbonyl (C=O) groups is 1. The average molecular weight is 410 g/mol. The van der Waals surface area contributed by atoms with Gasteiger partial charge in [0.15, 0.2) is 5.72 Å². The first-order valence-corrected chi connectivity index (χ1v) is 8.52. The summed E-state index contributed by atoms with van der Waals surface area (Å²) in [5.74, 6) is -0.612. The van der Waals surface area contributed by atoms with Crippen molar-refractivity contribution in [2.24, 2.45) is 0 Å². The van der Waals surface area contributed by atoms with Gasteiger partial charge in [-0.05, 0) is 12.1 Å². The molecule has 2 rings (SSSR count). The molecule has 8 radical (unpaired) electrons. The number of nitrogens with zero attached hydrogens (tertiary/aromatic N) is 1. The Morgan fingerprint density at radius 1 is 1.17 bits per heavy atom. The molecule has 2 heterocycles. The van der Waals surface area contributed by atoms with Crippen molar-refractivity contribution in [1.82, 2.24) is 15.3 Å². The standard InChI is InChI=1S/C15H15B4ClN4O5/c16-14(17,28)13(27,15(18,19)29)24-11-4-8(9(20)6-23-11)7-3-10(22-5-7)12(26)21-1-2-25/h3-6,22,25,27-29H,1-2H2,(H,21,26)(H,23,24). The lowest BCUT2D eigenvalue weighted by Crippen LogP contribution is -2.73. The minimum absolute atomic E-state index is 0.0814. The van der Waals surface area contributed by atoms with Crippen LogP contribution < -0.4 is 10.6 Å². The lowest BCUT2D eigenvalue weighted by Gasteiger charge is -2.49. The fourth-order valence-electron chi connectivity index (χ4n) is 2.38. The van der Waals surface area contributed by atoms with E-state index in [2.05, 4.69) is 20.6 Å². The van der Waals surface area contributed by atoms with Crippen molar-refractivity contribution in [3.63, 3.8) is 0 Å². The first kappa shape index (κ1) is 23.4. The van der Waals surface area contributed by atoms with Crippen molar-refractivity contribution >= 4 is 54.7 Å². The van der Waals surface area contributed by atoms with Gasteiger partial charge >= 0.3 is 0 Å². The maximum Gasteiger partial charge on any atom is 0.267 e. The Balaban J connectivity index is 2.38. The number of amides is 1. The van der Waals surface area contributed by atoms with Crippen molar-refractivity contribution in [1.29, 1.82) is 0 Å². The van der Waals surface area contributed by atoms with Crippen LogP contribution in [0.2, 0.25) is 5.02 Å². The average Bonchev–Trinajstić information content (AvgIpc) is 3.09. The fraction of sp³-hybridized carbons (Fsp3) is 0.333. The van der Waals surface area contributed by atoms with E-state index in [0.29, 0.717) is 11.1 Å². The van der Waals surface area contributed by atoms with Crippen LogP contribution in [0.3, 0.4) is 0 Å². The van der Waals surface area contributed by atoms with Gasteiger partial charge in [-0.2, -0.15) is 0 Å². The van der Waals surface area contributed by atoms with Crippen LogP contribution in [0.15, 0.2) is 24.5 Å². The van der Waals surface area contributed by atoms with E-state index in [1.54, 1.807) is 0 Å². The third-order valence-electron chi connectivity index (χ3n) is 3.96. The number of carbonyl (C=O) groups excluding carboxylic acids is 1. The summed E-state index contributed by atoms with van der Waals surface area (Å²) in [6.07, 6.45) is 2.67. The summed E-state index contributed by atoms with van der Waals surface area (Å²) >= 11 is 6.16. The number of H-pyrrole nitrogens is 1. The Hall–Kier alpha value is -1.91. The topological polar surface area (TPSA) is 151 Å². The van der Waals surface area contributed by atoms with Gasteiger partial charge in [-0.25, -0.2) is 4.98 Å². The molecule has 0 aromatic carbocycles. The molecule has 0 fully saturated rings. The van der Waals surface area contributed by atoms with Crippen LogP contribution in [0, 0.1) is 0 Å². The highest BCUT2D eigenvalue weighted by Crippen LogP contribution is 2.33. The van der Waals surface area contributed by atoms with Gasteiger partial charge in [0, 0.05) is 40.9 Å². The van der Waals surface area contributed by atoms with Crippen LogP contribution in [0.1, 0.15) is 10.5 Å². The van der Waals surface area contributed by atoms with Crippen LogP contribution >= 0.6 is 11.6 Å². The quantitative estimate of drug-likeness (QED) is 0.188. The van der Waals surface area contributed by atoms with E-state index in [-0.39, 0.29) is 29.7 Å². The first-order valence-electron chi connectivity index (χ1n) is 8.14. The van der Waals surface area contributed by atoms with E-state index in [0.717, 1.165) is 0 Å². The number of halogens is 1. The second-order valence-electron chi connectivity index (χ2n) is 6.32. The number of nitrogens with one attached hydrogen (secondary N) is 3. The molecule has 1 amide bonds. The molecule has 9 nitrogen and oxygen atoms in total. The number of hydrogen-bond acceptors (Lipinski definition) is 7. The molecule has 7 N–H and O–H groups in total. The molecule has 2 aromatic heterocycles. The molecule has 29 heavy (non-hydrogen) atoms.